The molecule has 0 saturated carbocycles. The quantitative estimate of drug-likeness (QED) is 0.596. The van der Waals surface area contributed by atoms with E-state index in [1.807, 2.05) is 0 Å². The van der Waals surface area contributed by atoms with Crippen molar-refractivity contribution in [1.29, 1.82) is 0 Å². The van der Waals surface area contributed by atoms with Crippen molar-refractivity contribution < 1.29 is 19.4 Å². The first-order valence-electron chi connectivity index (χ1n) is 6.07. The zero-order valence-corrected chi connectivity index (χ0v) is 10.5. The lowest BCUT2D eigenvalue weighted by Crippen LogP contribution is -2.44. The topological polar surface area (TPSA) is 86.7 Å². The number of carbonyl (C=O) groups excluding carboxylic acids is 3. The van der Waals surface area contributed by atoms with Crippen molar-refractivity contribution in [2.75, 3.05) is 13.1 Å². The Labute approximate surface area is 107 Å². The van der Waals surface area contributed by atoms with Gasteiger partial charge in [-0.25, -0.2) is 0 Å². The van der Waals surface area contributed by atoms with Crippen molar-refractivity contribution in [2.45, 2.75) is 38.5 Å². The minimum absolute atomic E-state index is 0.0500. The highest BCUT2D eigenvalue weighted by Crippen LogP contribution is 2.15. The van der Waals surface area contributed by atoms with Crippen molar-refractivity contribution >= 4 is 25.1 Å². The molecule has 7 heteroatoms. The first kappa shape index (κ1) is 14.7. The van der Waals surface area contributed by atoms with E-state index < -0.39 is 0 Å². The van der Waals surface area contributed by atoms with Crippen molar-refractivity contribution in [3.8, 4) is 0 Å². The summed E-state index contributed by atoms with van der Waals surface area (Å²) in [6, 6.07) is 0. The largest absolute Gasteiger partial charge is 0.452 e. The van der Waals surface area contributed by atoms with Crippen molar-refractivity contribution in [2.24, 2.45) is 0 Å². The van der Waals surface area contributed by atoms with Crippen LogP contribution < -0.4 is 5.32 Å². The van der Waals surface area contributed by atoms with Gasteiger partial charge in [-0.3, -0.25) is 9.59 Å². The number of nitrogens with one attached hydrogen (secondary N) is 1. The lowest BCUT2D eigenvalue weighted by molar-refractivity contribution is -0.132. The highest BCUT2D eigenvalue weighted by molar-refractivity contribution is 6.28. The minimum Gasteiger partial charge on any atom is -0.452 e. The lowest BCUT2D eigenvalue weighted by atomic mass is 9.86. The molecule has 1 atom stereocenters. The Kier molecular flexibility index (Phi) is 5.84. The molecule has 2 amide bonds. The van der Waals surface area contributed by atoms with Crippen LogP contribution in [0.25, 0.3) is 0 Å². The molecule has 1 saturated heterocycles. The number of Topliss-reactive ketones (excluding diaryl/α,β-unsaturated/α-hetero) is 1. The Balaban J connectivity index is 2.28. The van der Waals surface area contributed by atoms with Crippen LogP contribution in [0, 0.1) is 0 Å². The molecule has 1 aliphatic heterocycles. The Morgan fingerprint density at radius 2 is 2.11 bits per heavy atom. The van der Waals surface area contributed by atoms with Gasteiger partial charge in [0.25, 0.3) is 0 Å². The molecule has 0 bridgehead atoms. The number of hydrogen-bond donors (Lipinski definition) is 2. The van der Waals surface area contributed by atoms with E-state index in [1.54, 1.807) is 4.90 Å². The van der Waals surface area contributed by atoms with Crippen LogP contribution in [0.1, 0.15) is 32.6 Å². The second-order valence-corrected chi connectivity index (χ2v) is 4.42. The average Bonchev–Trinajstić information content (AvgIpc) is 2.81. The first-order chi connectivity index (χ1) is 8.54. The molecule has 0 aromatic heterocycles. The average molecular weight is 253 g/mol. The van der Waals surface area contributed by atoms with Crippen molar-refractivity contribution in [1.82, 2.24) is 10.2 Å². The third-order valence-electron chi connectivity index (χ3n) is 2.93. The van der Waals surface area contributed by atoms with Gasteiger partial charge in [0.2, 0.25) is 11.8 Å². The van der Waals surface area contributed by atoms with E-state index in [4.69, 9.17) is 5.02 Å². The van der Waals surface area contributed by atoms with Crippen LogP contribution >= 0.6 is 0 Å². The predicted octanol–water partition coefficient (Wildman–Crippen LogP) is -0.968. The summed E-state index contributed by atoms with van der Waals surface area (Å²) in [5.41, 5.74) is 0. The van der Waals surface area contributed by atoms with Gasteiger partial charge in [-0.15, -0.1) is 0 Å². The SMILES string of the molecule is CC(=O)CCC(=O)NCC(=O)N1CCCC1[B]O. The Morgan fingerprint density at radius 3 is 2.72 bits per heavy atom. The van der Waals surface area contributed by atoms with E-state index >= 15 is 0 Å². The molecular formula is C11H18BN2O4. The molecule has 0 aliphatic carbocycles. The molecule has 0 aromatic carbocycles. The molecule has 1 radical (unpaired) electrons. The normalized spacial score (nSPS) is 18.6. The Morgan fingerprint density at radius 1 is 1.39 bits per heavy atom. The molecule has 2 N–H and O–H groups in total. The molecular weight excluding hydrogens is 235 g/mol. The summed E-state index contributed by atoms with van der Waals surface area (Å²) < 4.78 is 0. The molecule has 99 valence electrons. The van der Waals surface area contributed by atoms with Crippen LogP contribution in [0.3, 0.4) is 0 Å². The van der Waals surface area contributed by atoms with Gasteiger partial charge >= 0.3 is 7.48 Å². The van der Waals surface area contributed by atoms with Crippen molar-refractivity contribution in [3.05, 3.63) is 0 Å². The van der Waals surface area contributed by atoms with Crippen LogP contribution in [0.5, 0.6) is 0 Å². The summed E-state index contributed by atoms with van der Waals surface area (Å²) in [7, 11) is 1.02. The number of amides is 2. The monoisotopic (exact) mass is 253 g/mol. The number of nitrogens with zero attached hydrogens (tertiary/aromatic N) is 1. The van der Waals surface area contributed by atoms with Crippen LogP contribution in [0.2, 0.25) is 0 Å². The lowest BCUT2D eigenvalue weighted by Gasteiger charge is -2.22. The molecule has 0 aromatic rings. The molecule has 1 unspecified atom stereocenters. The summed E-state index contributed by atoms with van der Waals surface area (Å²) in [6.07, 6.45) is 1.90. The van der Waals surface area contributed by atoms with Gasteiger partial charge in [0.05, 0.1) is 6.54 Å². The van der Waals surface area contributed by atoms with E-state index in [-0.39, 0.29) is 42.9 Å². The number of rotatable bonds is 6. The van der Waals surface area contributed by atoms with Crippen LogP contribution in [-0.4, -0.2) is 54.0 Å². The fourth-order valence-corrected chi connectivity index (χ4v) is 1.91. The first-order valence-corrected chi connectivity index (χ1v) is 6.07. The van der Waals surface area contributed by atoms with E-state index in [0.29, 0.717) is 6.54 Å². The van der Waals surface area contributed by atoms with Crippen LogP contribution in [0.15, 0.2) is 0 Å². The zero-order chi connectivity index (χ0) is 13.5. The standard InChI is InChI=1S/C11H18BN2O4/c1-8(15)4-5-10(16)13-7-11(17)14-6-2-3-9(14)12-18/h9,18H,2-7H2,1H3,(H,13,16). The fraction of sp³-hybridized carbons (Fsp3) is 0.727. The third-order valence-corrected chi connectivity index (χ3v) is 2.93. The molecule has 6 nitrogen and oxygen atoms in total. The summed E-state index contributed by atoms with van der Waals surface area (Å²) >= 11 is 0. The van der Waals surface area contributed by atoms with Gasteiger partial charge in [0.15, 0.2) is 0 Å². The van der Waals surface area contributed by atoms with E-state index in [9.17, 15) is 14.4 Å². The predicted molar refractivity (Wildman–Crippen MR) is 65.6 cm³/mol. The maximum absolute atomic E-state index is 11.8. The molecule has 0 spiro atoms. The molecule has 1 heterocycles. The third kappa shape index (κ3) is 4.48. The van der Waals surface area contributed by atoms with E-state index in [0.717, 1.165) is 20.3 Å². The van der Waals surface area contributed by atoms with Gasteiger partial charge in [0.1, 0.15) is 5.78 Å². The van der Waals surface area contributed by atoms with Gasteiger partial charge < -0.3 is 20.0 Å². The summed E-state index contributed by atoms with van der Waals surface area (Å²) in [6.45, 7) is 1.94. The van der Waals surface area contributed by atoms with Gasteiger partial charge in [-0.2, -0.15) is 0 Å². The second-order valence-electron chi connectivity index (χ2n) is 4.42. The van der Waals surface area contributed by atoms with E-state index in [1.165, 1.54) is 6.92 Å². The molecule has 1 rings (SSSR count). The summed E-state index contributed by atoms with van der Waals surface area (Å²) in [5.74, 6) is -0.807. The highest BCUT2D eigenvalue weighted by atomic mass is 16.2. The maximum atomic E-state index is 11.8. The summed E-state index contributed by atoms with van der Waals surface area (Å²) in [4.78, 5) is 35.3. The highest BCUT2D eigenvalue weighted by Gasteiger charge is 2.28. The smallest absolute Gasteiger partial charge is 0.312 e. The van der Waals surface area contributed by atoms with Crippen LogP contribution in [0.4, 0.5) is 0 Å². The number of ketones is 1. The number of likely N-dealkylation sites (tertiary alicyclic amines) is 1. The zero-order valence-electron chi connectivity index (χ0n) is 10.5. The van der Waals surface area contributed by atoms with Gasteiger partial charge in [0, 0.05) is 25.3 Å². The molecule has 1 fully saturated rings. The van der Waals surface area contributed by atoms with Crippen molar-refractivity contribution in [3.63, 3.8) is 0 Å². The number of hydrogen-bond acceptors (Lipinski definition) is 4. The summed E-state index contributed by atoms with van der Waals surface area (Å²) in [5, 5.41) is 11.4. The van der Waals surface area contributed by atoms with Crippen LogP contribution in [-0.2, 0) is 14.4 Å². The second kappa shape index (κ2) is 7.15. The molecule has 1 aliphatic rings. The Bertz CT molecular complexity index is 335. The fourth-order valence-electron chi connectivity index (χ4n) is 1.91. The van der Waals surface area contributed by atoms with Gasteiger partial charge in [-0.1, -0.05) is 0 Å². The maximum Gasteiger partial charge on any atom is 0.312 e. The number of carbonyl (C=O) groups is 3. The minimum atomic E-state index is -0.303. The van der Waals surface area contributed by atoms with Gasteiger partial charge in [-0.05, 0) is 19.8 Å². The van der Waals surface area contributed by atoms with E-state index in [2.05, 4.69) is 5.32 Å². The molecule has 18 heavy (non-hydrogen) atoms. The Hall–Kier alpha value is -1.37.